The normalized spacial score (nSPS) is 20.5. The highest BCUT2D eigenvalue weighted by molar-refractivity contribution is 5.80. The van der Waals surface area contributed by atoms with Crippen molar-refractivity contribution in [2.75, 3.05) is 13.1 Å². The Hall–Kier alpha value is -2.63. The zero-order valence-corrected chi connectivity index (χ0v) is 14.4. The molecule has 2 aromatic rings. The van der Waals surface area contributed by atoms with Crippen molar-refractivity contribution in [2.45, 2.75) is 32.6 Å². The van der Waals surface area contributed by atoms with E-state index in [1.165, 1.54) is 0 Å². The lowest BCUT2D eigenvalue weighted by atomic mass is 9.84. The fourth-order valence-corrected chi connectivity index (χ4v) is 3.47. The van der Waals surface area contributed by atoms with Gasteiger partial charge in [0.05, 0.1) is 18.0 Å². The number of rotatable bonds is 4. The van der Waals surface area contributed by atoms with Crippen LogP contribution in [-0.4, -0.2) is 40.1 Å². The molecule has 1 aromatic carbocycles. The Kier molecular flexibility index (Phi) is 4.88. The van der Waals surface area contributed by atoms with Gasteiger partial charge in [0, 0.05) is 24.6 Å². The van der Waals surface area contributed by atoms with Crippen LogP contribution in [0.1, 0.15) is 34.9 Å². The smallest absolute Gasteiger partial charge is 0.308 e. The molecule has 0 unspecified atom stereocenters. The zero-order chi connectivity index (χ0) is 18.0. The molecule has 1 aliphatic heterocycles. The van der Waals surface area contributed by atoms with Crippen molar-refractivity contribution in [3.8, 4) is 0 Å². The monoisotopic (exact) mass is 342 g/mol. The van der Waals surface area contributed by atoms with Gasteiger partial charge in [-0.3, -0.25) is 9.59 Å². The summed E-state index contributed by atoms with van der Waals surface area (Å²) >= 11 is 0. The van der Waals surface area contributed by atoms with Crippen LogP contribution in [-0.2, 0) is 16.0 Å². The highest BCUT2D eigenvalue weighted by Gasteiger charge is 2.34. The molecule has 1 aromatic heterocycles. The summed E-state index contributed by atoms with van der Waals surface area (Å²) in [5.41, 5.74) is 2.57. The molecule has 3 rings (SSSR count). The van der Waals surface area contributed by atoms with Gasteiger partial charge in [0.25, 0.3) is 0 Å². The Morgan fingerprint density at radius 1 is 1.24 bits per heavy atom. The van der Waals surface area contributed by atoms with E-state index in [1.54, 1.807) is 11.8 Å². The summed E-state index contributed by atoms with van der Waals surface area (Å²) in [6, 6.07) is 9.80. The fourth-order valence-electron chi connectivity index (χ4n) is 3.47. The first-order valence-corrected chi connectivity index (χ1v) is 8.43. The van der Waals surface area contributed by atoms with Crippen LogP contribution in [0.25, 0.3) is 0 Å². The summed E-state index contributed by atoms with van der Waals surface area (Å²) in [6.45, 7) is 4.38. The summed E-state index contributed by atoms with van der Waals surface area (Å²) in [7, 11) is 0. The van der Waals surface area contributed by atoms with Gasteiger partial charge in [0.1, 0.15) is 5.76 Å². The number of benzene rings is 1. The molecule has 1 fully saturated rings. The Labute approximate surface area is 146 Å². The quantitative estimate of drug-likeness (QED) is 0.923. The minimum absolute atomic E-state index is 0.0321. The summed E-state index contributed by atoms with van der Waals surface area (Å²) < 4.78 is 5.12. The van der Waals surface area contributed by atoms with Crippen molar-refractivity contribution in [3.05, 3.63) is 52.9 Å². The zero-order valence-electron chi connectivity index (χ0n) is 14.4. The van der Waals surface area contributed by atoms with E-state index in [2.05, 4.69) is 5.16 Å². The van der Waals surface area contributed by atoms with Crippen LogP contribution >= 0.6 is 0 Å². The molecule has 6 nitrogen and oxygen atoms in total. The number of piperidine rings is 1. The van der Waals surface area contributed by atoms with Crippen molar-refractivity contribution in [2.24, 2.45) is 5.92 Å². The number of aryl methyl sites for hydroxylation is 2. The average molecular weight is 342 g/mol. The SMILES string of the molecule is Cc1noc(C)c1CC(=O)N1C[C@H](C(=O)O)C[C@H](c2ccccc2)C1. The van der Waals surface area contributed by atoms with Gasteiger partial charge in [-0.05, 0) is 25.8 Å². The van der Waals surface area contributed by atoms with Gasteiger partial charge in [0.15, 0.2) is 0 Å². The molecule has 0 radical (unpaired) electrons. The lowest BCUT2D eigenvalue weighted by molar-refractivity contribution is -0.146. The molecule has 25 heavy (non-hydrogen) atoms. The molecule has 2 heterocycles. The molecule has 1 saturated heterocycles. The molecule has 1 N–H and O–H groups in total. The second-order valence-corrected chi connectivity index (χ2v) is 6.66. The van der Waals surface area contributed by atoms with Gasteiger partial charge in [-0.2, -0.15) is 0 Å². The second-order valence-electron chi connectivity index (χ2n) is 6.66. The molecule has 0 bridgehead atoms. The molecular formula is C19H22N2O4. The molecule has 0 saturated carbocycles. The number of amides is 1. The van der Waals surface area contributed by atoms with Crippen LogP contribution in [0.4, 0.5) is 0 Å². The third kappa shape index (κ3) is 3.73. The molecule has 6 heteroatoms. The predicted octanol–water partition coefficient (Wildman–Crippen LogP) is 2.55. The number of carboxylic acid groups (broad SMARTS) is 1. The van der Waals surface area contributed by atoms with E-state index in [0.29, 0.717) is 24.4 Å². The minimum atomic E-state index is -0.851. The predicted molar refractivity (Wildman–Crippen MR) is 91.2 cm³/mol. The van der Waals surface area contributed by atoms with Gasteiger partial charge in [-0.25, -0.2) is 0 Å². The topological polar surface area (TPSA) is 83.6 Å². The third-order valence-electron chi connectivity index (χ3n) is 4.93. The number of carboxylic acids is 1. The van der Waals surface area contributed by atoms with Crippen molar-refractivity contribution in [3.63, 3.8) is 0 Å². The van der Waals surface area contributed by atoms with E-state index in [4.69, 9.17) is 4.52 Å². The second kappa shape index (κ2) is 7.09. The van der Waals surface area contributed by atoms with Crippen molar-refractivity contribution in [1.82, 2.24) is 10.1 Å². The van der Waals surface area contributed by atoms with Crippen LogP contribution in [0, 0.1) is 19.8 Å². The average Bonchev–Trinajstić information content (AvgIpc) is 2.94. The van der Waals surface area contributed by atoms with Gasteiger partial charge in [0.2, 0.25) is 5.91 Å². The van der Waals surface area contributed by atoms with Crippen molar-refractivity contribution >= 4 is 11.9 Å². The standard InChI is InChI=1S/C19H22N2O4/c1-12-17(13(2)25-20-12)9-18(22)21-10-15(8-16(11-21)19(23)24)14-6-4-3-5-7-14/h3-7,15-16H,8-11H2,1-2H3,(H,23,24)/t15-,16+/m0/s1. The first kappa shape index (κ1) is 17.2. The maximum Gasteiger partial charge on any atom is 0.308 e. The highest BCUT2D eigenvalue weighted by atomic mass is 16.5. The van der Waals surface area contributed by atoms with Crippen molar-refractivity contribution in [1.29, 1.82) is 0 Å². The van der Waals surface area contributed by atoms with Gasteiger partial charge in [-0.15, -0.1) is 0 Å². The Morgan fingerprint density at radius 2 is 1.96 bits per heavy atom. The summed E-state index contributed by atoms with van der Waals surface area (Å²) in [6.07, 6.45) is 0.740. The number of likely N-dealkylation sites (tertiary alicyclic amines) is 1. The Balaban J connectivity index is 1.79. The van der Waals surface area contributed by atoms with E-state index in [1.807, 2.05) is 37.3 Å². The number of carbonyl (C=O) groups is 2. The van der Waals surface area contributed by atoms with E-state index >= 15 is 0 Å². The lowest BCUT2D eigenvalue weighted by Gasteiger charge is -2.36. The molecule has 1 amide bonds. The van der Waals surface area contributed by atoms with Crippen molar-refractivity contribution < 1.29 is 19.2 Å². The summed E-state index contributed by atoms with van der Waals surface area (Å²) in [5.74, 6) is -0.813. The highest BCUT2D eigenvalue weighted by Crippen LogP contribution is 2.31. The lowest BCUT2D eigenvalue weighted by Crippen LogP contribution is -2.46. The summed E-state index contributed by atoms with van der Waals surface area (Å²) in [4.78, 5) is 26.0. The maximum atomic E-state index is 12.8. The van der Waals surface area contributed by atoms with E-state index in [-0.39, 0.29) is 24.8 Å². The van der Waals surface area contributed by atoms with E-state index in [0.717, 1.165) is 11.1 Å². The van der Waals surface area contributed by atoms with Crippen LogP contribution in [0.2, 0.25) is 0 Å². The van der Waals surface area contributed by atoms with Crippen LogP contribution in [0.5, 0.6) is 0 Å². The first-order valence-electron chi connectivity index (χ1n) is 8.43. The molecule has 0 aliphatic carbocycles. The molecule has 2 atom stereocenters. The molecular weight excluding hydrogens is 320 g/mol. The first-order chi connectivity index (χ1) is 12.0. The van der Waals surface area contributed by atoms with E-state index < -0.39 is 11.9 Å². The number of aromatic nitrogens is 1. The van der Waals surface area contributed by atoms with Gasteiger partial charge in [-0.1, -0.05) is 35.5 Å². The number of carbonyl (C=O) groups excluding carboxylic acids is 1. The van der Waals surface area contributed by atoms with Crippen LogP contribution in [0.3, 0.4) is 0 Å². The Bertz CT molecular complexity index is 749. The third-order valence-corrected chi connectivity index (χ3v) is 4.93. The Morgan fingerprint density at radius 3 is 2.56 bits per heavy atom. The number of hydrogen-bond acceptors (Lipinski definition) is 4. The molecule has 1 aliphatic rings. The van der Waals surface area contributed by atoms with Crippen LogP contribution < -0.4 is 0 Å². The van der Waals surface area contributed by atoms with Gasteiger partial charge < -0.3 is 14.5 Å². The fraction of sp³-hybridized carbons (Fsp3) is 0.421. The summed E-state index contributed by atoms with van der Waals surface area (Å²) in [5, 5.41) is 13.4. The number of hydrogen-bond donors (Lipinski definition) is 1. The van der Waals surface area contributed by atoms with E-state index in [9.17, 15) is 14.7 Å². The van der Waals surface area contributed by atoms with Crippen LogP contribution in [0.15, 0.2) is 34.9 Å². The largest absolute Gasteiger partial charge is 0.481 e. The number of aliphatic carboxylic acids is 1. The molecule has 132 valence electrons. The van der Waals surface area contributed by atoms with Gasteiger partial charge >= 0.3 is 5.97 Å². The minimum Gasteiger partial charge on any atom is -0.481 e. The number of nitrogens with zero attached hydrogens (tertiary/aromatic N) is 2. The maximum absolute atomic E-state index is 12.8. The molecule has 0 spiro atoms.